The normalized spacial score (nSPS) is 10.3. The number of nitrogen functional groups attached to an aromatic ring is 1. The minimum atomic E-state index is -0.104. The van der Waals surface area contributed by atoms with Crippen molar-refractivity contribution in [3.8, 4) is 0 Å². The molecule has 0 radical (unpaired) electrons. The second-order valence-electron chi connectivity index (χ2n) is 4.37. The summed E-state index contributed by atoms with van der Waals surface area (Å²) >= 11 is 8.04. The molecule has 0 heterocycles. The summed E-state index contributed by atoms with van der Waals surface area (Å²) in [6, 6.07) is 12.9. The van der Waals surface area contributed by atoms with E-state index < -0.39 is 0 Å². The van der Waals surface area contributed by atoms with Crippen molar-refractivity contribution >= 4 is 45.8 Å². The van der Waals surface area contributed by atoms with Crippen LogP contribution in [0.2, 0.25) is 5.02 Å². The first kappa shape index (κ1) is 15.1. The van der Waals surface area contributed by atoms with Crippen molar-refractivity contribution in [1.29, 1.82) is 0 Å². The van der Waals surface area contributed by atoms with Gasteiger partial charge in [-0.05, 0) is 64.9 Å². The maximum absolute atomic E-state index is 12.1. The Morgan fingerprint density at radius 2 is 1.90 bits per heavy atom. The molecule has 2 aromatic rings. The van der Waals surface area contributed by atoms with Gasteiger partial charge in [-0.2, -0.15) is 0 Å². The molecule has 2 aromatic carbocycles. The van der Waals surface area contributed by atoms with Crippen LogP contribution in [0.5, 0.6) is 0 Å². The monoisotopic (exact) mass is 400 g/mol. The van der Waals surface area contributed by atoms with E-state index in [1.54, 1.807) is 12.1 Å². The number of hydrogen-bond acceptors (Lipinski definition) is 2. The number of rotatable bonds is 4. The van der Waals surface area contributed by atoms with E-state index in [2.05, 4.69) is 27.9 Å². The molecule has 0 unspecified atom stereocenters. The number of amides is 1. The molecule has 0 spiro atoms. The van der Waals surface area contributed by atoms with Gasteiger partial charge in [0, 0.05) is 20.8 Å². The molecule has 20 heavy (non-hydrogen) atoms. The Morgan fingerprint density at radius 1 is 1.20 bits per heavy atom. The van der Waals surface area contributed by atoms with E-state index in [4.69, 9.17) is 17.3 Å². The van der Waals surface area contributed by atoms with Crippen LogP contribution in [0.15, 0.2) is 42.5 Å². The van der Waals surface area contributed by atoms with E-state index in [0.717, 1.165) is 21.2 Å². The zero-order valence-corrected chi connectivity index (χ0v) is 13.6. The van der Waals surface area contributed by atoms with Crippen molar-refractivity contribution in [3.63, 3.8) is 0 Å². The molecular weight excluding hydrogens is 387 g/mol. The molecule has 0 aliphatic heterocycles. The van der Waals surface area contributed by atoms with Crippen LogP contribution >= 0.6 is 34.2 Å². The van der Waals surface area contributed by atoms with Gasteiger partial charge in [-0.1, -0.05) is 23.7 Å². The smallest absolute Gasteiger partial charge is 0.252 e. The van der Waals surface area contributed by atoms with Gasteiger partial charge in [0.05, 0.1) is 5.56 Å². The fraction of sp³-hybridized carbons (Fsp3) is 0.133. The first-order valence-electron chi connectivity index (χ1n) is 6.14. The standard InChI is InChI=1S/C15H14ClIN2O/c16-11-3-6-14(17)13(9-11)15(20)19-8-7-10-1-4-12(18)5-2-10/h1-6,9H,7-8,18H2,(H,19,20). The van der Waals surface area contributed by atoms with Gasteiger partial charge in [0.25, 0.3) is 5.91 Å². The lowest BCUT2D eigenvalue weighted by Crippen LogP contribution is -2.26. The van der Waals surface area contributed by atoms with Crippen LogP contribution in [0, 0.1) is 3.57 Å². The molecule has 1 amide bonds. The Kier molecular flexibility index (Phi) is 5.25. The first-order valence-corrected chi connectivity index (χ1v) is 7.59. The number of anilines is 1. The maximum Gasteiger partial charge on any atom is 0.252 e. The van der Waals surface area contributed by atoms with Gasteiger partial charge < -0.3 is 11.1 Å². The first-order chi connectivity index (χ1) is 9.56. The lowest BCUT2D eigenvalue weighted by atomic mass is 10.1. The highest BCUT2D eigenvalue weighted by molar-refractivity contribution is 14.1. The molecular formula is C15H14ClIN2O. The molecule has 5 heteroatoms. The predicted molar refractivity (Wildman–Crippen MR) is 91.1 cm³/mol. The molecule has 0 saturated heterocycles. The van der Waals surface area contributed by atoms with Crippen LogP contribution < -0.4 is 11.1 Å². The van der Waals surface area contributed by atoms with E-state index in [-0.39, 0.29) is 5.91 Å². The lowest BCUT2D eigenvalue weighted by molar-refractivity contribution is 0.0953. The molecule has 3 N–H and O–H groups in total. The Labute approximate surface area is 136 Å². The quantitative estimate of drug-likeness (QED) is 0.610. The van der Waals surface area contributed by atoms with Gasteiger partial charge in [-0.15, -0.1) is 0 Å². The van der Waals surface area contributed by atoms with Crippen LogP contribution in [0.3, 0.4) is 0 Å². The molecule has 0 fully saturated rings. The third-order valence-corrected chi connectivity index (χ3v) is 4.03. The number of benzene rings is 2. The summed E-state index contributed by atoms with van der Waals surface area (Å²) in [4.78, 5) is 12.1. The zero-order valence-electron chi connectivity index (χ0n) is 10.7. The van der Waals surface area contributed by atoms with E-state index in [9.17, 15) is 4.79 Å². The topological polar surface area (TPSA) is 55.1 Å². The van der Waals surface area contributed by atoms with Crippen LogP contribution in [0.25, 0.3) is 0 Å². The van der Waals surface area contributed by atoms with Gasteiger partial charge in [-0.3, -0.25) is 4.79 Å². The van der Waals surface area contributed by atoms with Crippen LogP contribution in [-0.4, -0.2) is 12.5 Å². The van der Waals surface area contributed by atoms with Crippen molar-refractivity contribution < 1.29 is 4.79 Å². The van der Waals surface area contributed by atoms with Gasteiger partial charge in [0.2, 0.25) is 0 Å². The number of halogens is 2. The van der Waals surface area contributed by atoms with Crippen LogP contribution in [0.1, 0.15) is 15.9 Å². The Hall–Kier alpha value is -1.27. The highest BCUT2D eigenvalue weighted by Crippen LogP contribution is 2.17. The summed E-state index contributed by atoms with van der Waals surface area (Å²) < 4.78 is 0.886. The van der Waals surface area contributed by atoms with E-state index in [0.29, 0.717) is 17.1 Å². The molecule has 0 bridgehead atoms. The second-order valence-corrected chi connectivity index (χ2v) is 5.97. The summed E-state index contributed by atoms with van der Waals surface area (Å²) in [6.07, 6.45) is 0.767. The minimum absolute atomic E-state index is 0.104. The number of carbonyl (C=O) groups excluding carboxylic acids is 1. The number of nitrogens with two attached hydrogens (primary N) is 1. The summed E-state index contributed by atoms with van der Waals surface area (Å²) in [5, 5.41) is 3.46. The fourth-order valence-corrected chi connectivity index (χ4v) is 2.52. The summed E-state index contributed by atoms with van der Waals surface area (Å²) in [5.41, 5.74) is 8.12. The van der Waals surface area contributed by atoms with Gasteiger partial charge in [-0.25, -0.2) is 0 Å². The van der Waals surface area contributed by atoms with Gasteiger partial charge in [0.1, 0.15) is 0 Å². The predicted octanol–water partition coefficient (Wildman–Crippen LogP) is 3.50. The average Bonchev–Trinajstić information content (AvgIpc) is 2.43. The molecule has 3 nitrogen and oxygen atoms in total. The average molecular weight is 401 g/mol. The minimum Gasteiger partial charge on any atom is -0.399 e. The van der Waals surface area contributed by atoms with E-state index in [1.807, 2.05) is 30.3 Å². The SMILES string of the molecule is Nc1ccc(CCNC(=O)c2cc(Cl)ccc2I)cc1. The number of carbonyl (C=O) groups is 1. The largest absolute Gasteiger partial charge is 0.399 e. The molecule has 0 aliphatic rings. The number of nitrogens with one attached hydrogen (secondary N) is 1. The second kappa shape index (κ2) is 6.95. The Bertz CT molecular complexity index is 614. The third kappa shape index (κ3) is 4.11. The maximum atomic E-state index is 12.1. The molecule has 0 atom stereocenters. The van der Waals surface area contributed by atoms with Crippen molar-refractivity contribution in [2.24, 2.45) is 0 Å². The Morgan fingerprint density at radius 3 is 2.60 bits per heavy atom. The molecule has 0 aliphatic carbocycles. The highest BCUT2D eigenvalue weighted by atomic mass is 127. The summed E-state index contributed by atoms with van der Waals surface area (Å²) in [7, 11) is 0. The van der Waals surface area contributed by atoms with Crippen LogP contribution in [0.4, 0.5) is 5.69 Å². The van der Waals surface area contributed by atoms with Gasteiger partial charge >= 0.3 is 0 Å². The van der Waals surface area contributed by atoms with Crippen molar-refractivity contribution in [2.75, 3.05) is 12.3 Å². The lowest BCUT2D eigenvalue weighted by Gasteiger charge is -2.07. The fourth-order valence-electron chi connectivity index (χ4n) is 1.77. The Balaban J connectivity index is 1.92. The molecule has 0 saturated carbocycles. The molecule has 0 aromatic heterocycles. The third-order valence-electron chi connectivity index (χ3n) is 2.85. The molecule has 104 valence electrons. The number of hydrogen-bond donors (Lipinski definition) is 2. The highest BCUT2D eigenvalue weighted by Gasteiger charge is 2.09. The van der Waals surface area contributed by atoms with E-state index in [1.165, 1.54) is 0 Å². The molecule has 2 rings (SSSR count). The van der Waals surface area contributed by atoms with Crippen molar-refractivity contribution in [2.45, 2.75) is 6.42 Å². The van der Waals surface area contributed by atoms with Crippen molar-refractivity contribution in [3.05, 3.63) is 62.2 Å². The summed E-state index contributed by atoms with van der Waals surface area (Å²) in [5.74, 6) is -0.104. The van der Waals surface area contributed by atoms with Crippen molar-refractivity contribution in [1.82, 2.24) is 5.32 Å². The van der Waals surface area contributed by atoms with Gasteiger partial charge in [0.15, 0.2) is 0 Å². The summed E-state index contributed by atoms with van der Waals surface area (Å²) in [6.45, 7) is 0.575. The van der Waals surface area contributed by atoms with Crippen LogP contribution in [-0.2, 0) is 6.42 Å². The zero-order chi connectivity index (χ0) is 14.5. The van der Waals surface area contributed by atoms with E-state index >= 15 is 0 Å².